The molecule has 20 heavy (non-hydrogen) atoms. The Bertz CT molecular complexity index is 600. The van der Waals surface area contributed by atoms with Crippen molar-refractivity contribution in [3.05, 3.63) is 18.0 Å². The molecule has 2 heterocycles. The van der Waals surface area contributed by atoms with Crippen LogP contribution in [0.2, 0.25) is 0 Å². The molecule has 1 aliphatic heterocycles. The van der Waals surface area contributed by atoms with Crippen LogP contribution >= 0.6 is 0 Å². The van der Waals surface area contributed by atoms with E-state index in [-0.39, 0.29) is 11.9 Å². The van der Waals surface area contributed by atoms with Gasteiger partial charge in [0.05, 0.1) is 11.9 Å². The van der Waals surface area contributed by atoms with Gasteiger partial charge in [-0.05, 0) is 18.9 Å². The molecule has 1 fully saturated rings. The van der Waals surface area contributed by atoms with E-state index in [2.05, 4.69) is 4.72 Å². The topological polar surface area (TPSA) is 97.4 Å². The standard InChI is InChI=1S/C12H20N4O3S/c1-15-8-9(13)7-11(15)12(17)16-5-3-10(4-6-16)14-20(2,18)19/h7-8,10,14H,3-6,13H2,1-2H3. The fourth-order valence-corrected chi connectivity index (χ4v) is 3.31. The predicted molar refractivity (Wildman–Crippen MR) is 76.7 cm³/mol. The number of likely N-dealkylation sites (tertiary alicyclic amines) is 1. The average Bonchev–Trinajstić information content (AvgIpc) is 2.66. The van der Waals surface area contributed by atoms with Crippen LogP contribution in [0.1, 0.15) is 23.3 Å². The fourth-order valence-electron chi connectivity index (χ4n) is 2.47. The second kappa shape index (κ2) is 5.45. The van der Waals surface area contributed by atoms with Crippen molar-refractivity contribution < 1.29 is 13.2 Å². The zero-order valence-electron chi connectivity index (χ0n) is 11.7. The third-order valence-electron chi connectivity index (χ3n) is 3.41. The summed E-state index contributed by atoms with van der Waals surface area (Å²) in [6.07, 6.45) is 4.10. The molecule has 8 heteroatoms. The molecule has 112 valence electrons. The molecule has 0 spiro atoms. The summed E-state index contributed by atoms with van der Waals surface area (Å²) in [4.78, 5) is 14.1. The minimum atomic E-state index is -3.19. The van der Waals surface area contributed by atoms with Crippen molar-refractivity contribution in [3.8, 4) is 0 Å². The predicted octanol–water partition coefficient (Wildman–Crippen LogP) is -0.239. The van der Waals surface area contributed by atoms with Crippen LogP contribution in [0.4, 0.5) is 5.69 Å². The van der Waals surface area contributed by atoms with E-state index < -0.39 is 10.0 Å². The number of anilines is 1. The van der Waals surface area contributed by atoms with Crippen molar-refractivity contribution in [1.29, 1.82) is 0 Å². The first-order chi connectivity index (χ1) is 9.26. The summed E-state index contributed by atoms with van der Waals surface area (Å²) >= 11 is 0. The van der Waals surface area contributed by atoms with Gasteiger partial charge in [-0.2, -0.15) is 0 Å². The molecule has 1 aromatic rings. The molecule has 3 N–H and O–H groups in total. The van der Waals surface area contributed by atoms with Crippen molar-refractivity contribution in [2.75, 3.05) is 25.1 Å². The molecule has 2 rings (SSSR count). The highest BCUT2D eigenvalue weighted by Gasteiger charge is 2.26. The molecule has 0 atom stereocenters. The Kier molecular flexibility index (Phi) is 4.05. The van der Waals surface area contributed by atoms with E-state index >= 15 is 0 Å². The van der Waals surface area contributed by atoms with Gasteiger partial charge in [-0.1, -0.05) is 0 Å². The van der Waals surface area contributed by atoms with Crippen LogP contribution in [0.25, 0.3) is 0 Å². The Morgan fingerprint density at radius 1 is 1.40 bits per heavy atom. The maximum atomic E-state index is 12.3. The summed E-state index contributed by atoms with van der Waals surface area (Å²) in [6.45, 7) is 1.08. The highest BCUT2D eigenvalue weighted by atomic mass is 32.2. The number of aryl methyl sites for hydroxylation is 1. The molecular weight excluding hydrogens is 280 g/mol. The van der Waals surface area contributed by atoms with Crippen LogP contribution in [0, 0.1) is 0 Å². The molecule has 0 bridgehead atoms. The molecule has 1 aromatic heterocycles. The summed E-state index contributed by atoms with van der Waals surface area (Å²) in [5, 5.41) is 0. The Balaban J connectivity index is 1.97. The van der Waals surface area contributed by atoms with E-state index in [4.69, 9.17) is 5.73 Å². The number of rotatable bonds is 3. The minimum Gasteiger partial charge on any atom is -0.397 e. The molecule has 1 amide bonds. The smallest absolute Gasteiger partial charge is 0.270 e. The van der Waals surface area contributed by atoms with Crippen molar-refractivity contribution >= 4 is 21.6 Å². The number of nitrogens with one attached hydrogen (secondary N) is 1. The number of sulfonamides is 1. The molecule has 0 unspecified atom stereocenters. The maximum absolute atomic E-state index is 12.3. The normalized spacial score (nSPS) is 17.4. The van der Waals surface area contributed by atoms with Gasteiger partial charge in [0.15, 0.2) is 0 Å². The largest absolute Gasteiger partial charge is 0.397 e. The number of hydrogen-bond donors (Lipinski definition) is 2. The third-order valence-corrected chi connectivity index (χ3v) is 4.17. The monoisotopic (exact) mass is 300 g/mol. The van der Waals surface area contributed by atoms with Crippen LogP contribution in [0.3, 0.4) is 0 Å². The zero-order valence-corrected chi connectivity index (χ0v) is 12.5. The Labute approximate surface area is 118 Å². The van der Waals surface area contributed by atoms with Gasteiger partial charge in [-0.3, -0.25) is 4.79 Å². The van der Waals surface area contributed by atoms with Crippen LogP contribution in [0.15, 0.2) is 12.3 Å². The van der Waals surface area contributed by atoms with Gasteiger partial charge < -0.3 is 15.2 Å². The maximum Gasteiger partial charge on any atom is 0.270 e. The molecule has 0 radical (unpaired) electrons. The van der Waals surface area contributed by atoms with E-state index in [0.29, 0.717) is 37.3 Å². The average molecular weight is 300 g/mol. The number of amides is 1. The second-order valence-corrected chi connectivity index (χ2v) is 7.01. The molecule has 1 aliphatic rings. The fraction of sp³-hybridized carbons (Fsp3) is 0.583. The summed E-state index contributed by atoms with van der Waals surface area (Å²) in [6, 6.07) is 1.57. The second-order valence-electron chi connectivity index (χ2n) is 5.23. The number of hydrogen-bond acceptors (Lipinski definition) is 4. The first-order valence-electron chi connectivity index (χ1n) is 6.44. The van der Waals surface area contributed by atoms with Crippen molar-refractivity contribution in [3.63, 3.8) is 0 Å². The van der Waals surface area contributed by atoms with E-state index in [0.717, 1.165) is 6.26 Å². The lowest BCUT2D eigenvalue weighted by Crippen LogP contribution is -2.46. The molecule has 0 aromatic carbocycles. The Hall–Kier alpha value is -1.54. The summed E-state index contributed by atoms with van der Waals surface area (Å²) in [5.41, 5.74) is 6.78. The minimum absolute atomic E-state index is 0.0676. The highest BCUT2D eigenvalue weighted by molar-refractivity contribution is 7.88. The zero-order chi connectivity index (χ0) is 14.9. The highest BCUT2D eigenvalue weighted by Crippen LogP contribution is 2.16. The van der Waals surface area contributed by atoms with Crippen molar-refractivity contribution in [2.24, 2.45) is 7.05 Å². The lowest BCUT2D eigenvalue weighted by Gasteiger charge is -2.32. The van der Waals surface area contributed by atoms with Gasteiger partial charge in [0, 0.05) is 32.4 Å². The van der Waals surface area contributed by atoms with Crippen molar-refractivity contribution in [1.82, 2.24) is 14.2 Å². The van der Waals surface area contributed by atoms with Gasteiger partial charge in [0.1, 0.15) is 5.69 Å². The number of nitrogens with two attached hydrogens (primary N) is 1. The summed E-state index contributed by atoms with van der Waals surface area (Å²) in [5.74, 6) is -0.0676. The Morgan fingerprint density at radius 2 is 2.00 bits per heavy atom. The Morgan fingerprint density at radius 3 is 2.45 bits per heavy atom. The molecular formula is C12H20N4O3S. The van der Waals surface area contributed by atoms with Crippen LogP contribution in [0.5, 0.6) is 0 Å². The van der Waals surface area contributed by atoms with Crippen LogP contribution in [-0.2, 0) is 17.1 Å². The molecule has 0 saturated carbocycles. The van der Waals surface area contributed by atoms with Gasteiger partial charge in [0.25, 0.3) is 5.91 Å². The SMILES string of the molecule is Cn1cc(N)cc1C(=O)N1CCC(NS(C)(=O)=O)CC1. The van der Waals surface area contributed by atoms with Gasteiger partial charge in [-0.25, -0.2) is 13.1 Å². The summed E-state index contributed by atoms with van der Waals surface area (Å²) in [7, 11) is -1.41. The number of carbonyl (C=O) groups is 1. The van der Waals surface area contributed by atoms with E-state index in [1.807, 2.05) is 0 Å². The lowest BCUT2D eigenvalue weighted by molar-refractivity contribution is 0.0701. The van der Waals surface area contributed by atoms with Gasteiger partial charge in [0.2, 0.25) is 10.0 Å². The van der Waals surface area contributed by atoms with Crippen LogP contribution < -0.4 is 10.5 Å². The number of piperidine rings is 1. The lowest BCUT2D eigenvalue weighted by atomic mass is 10.1. The quantitative estimate of drug-likeness (QED) is 0.805. The van der Waals surface area contributed by atoms with E-state index in [1.165, 1.54) is 0 Å². The first kappa shape index (κ1) is 14.9. The first-order valence-corrected chi connectivity index (χ1v) is 8.34. The molecule has 1 saturated heterocycles. The molecule has 7 nitrogen and oxygen atoms in total. The number of nitrogen functional groups attached to an aromatic ring is 1. The number of nitrogens with zero attached hydrogens (tertiary/aromatic N) is 2. The summed E-state index contributed by atoms with van der Waals surface area (Å²) < 4.78 is 26.6. The number of carbonyl (C=O) groups excluding carboxylic acids is 1. The molecule has 0 aliphatic carbocycles. The van der Waals surface area contributed by atoms with Gasteiger partial charge >= 0.3 is 0 Å². The van der Waals surface area contributed by atoms with E-state index in [1.54, 1.807) is 28.8 Å². The van der Waals surface area contributed by atoms with E-state index in [9.17, 15) is 13.2 Å². The number of aromatic nitrogens is 1. The van der Waals surface area contributed by atoms with Gasteiger partial charge in [-0.15, -0.1) is 0 Å². The van der Waals surface area contributed by atoms with Crippen LogP contribution in [-0.4, -0.2) is 49.2 Å². The third kappa shape index (κ3) is 3.51. The van der Waals surface area contributed by atoms with Crippen molar-refractivity contribution in [2.45, 2.75) is 18.9 Å².